The Hall–Kier alpha value is -1.20. The lowest BCUT2D eigenvalue weighted by Gasteiger charge is -2.25. The summed E-state index contributed by atoms with van der Waals surface area (Å²) in [6.45, 7) is 2.54. The van der Waals surface area contributed by atoms with E-state index < -0.39 is 0 Å². The molecule has 4 nitrogen and oxygen atoms in total. The fraction of sp³-hybridized carbons (Fsp3) is 0.643. The number of fused-ring (bicyclic) bond motifs is 4. The monoisotopic (exact) mass is 498 g/mol. The molecule has 4 fully saturated rings. The molecule has 0 spiro atoms. The van der Waals surface area contributed by atoms with Gasteiger partial charge < -0.3 is 0 Å². The van der Waals surface area contributed by atoms with Gasteiger partial charge in [-0.3, -0.25) is 9.80 Å². The number of aromatic nitrogens is 2. The van der Waals surface area contributed by atoms with Gasteiger partial charge in [-0.2, -0.15) is 0 Å². The second-order valence-corrected chi connectivity index (χ2v) is 11.8. The third-order valence-electron chi connectivity index (χ3n) is 9.30. The first kappa shape index (κ1) is 23.2. The van der Waals surface area contributed by atoms with Crippen molar-refractivity contribution in [1.29, 1.82) is 0 Å². The summed E-state index contributed by atoms with van der Waals surface area (Å²) in [6, 6.07) is 11.3. The van der Waals surface area contributed by atoms with Gasteiger partial charge in [0.15, 0.2) is 0 Å². The van der Waals surface area contributed by atoms with Gasteiger partial charge in [0.2, 0.25) is 0 Å². The number of nitrogens with zero attached hydrogens (tertiary/aromatic N) is 4. The minimum atomic E-state index is 0.600. The fourth-order valence-corrected chi connectivity index (χ4v) is 8.00. The van der Waals surface area contributed by atoms with Gasteiger partial charge in [-0.25, -0.2) is 9.97 Å². The lowest BCUT2D eigenvalue weighted by molar-refractivity contribution is 0.231. The van der Waals surface area contributed by atoms with E-state index in [2.05, 4.69) is 31.9 Å². The highest BCUT2D eigenvalue weighted by molar-refractivity contribution is 6.29. The van der Waals surface area contributed by atoms with Gasteiger partial charge in [0, 0.05) is 48.4 Å². The van der Waals surface area contributed by atoms with Crippen LogP contribution in [0.25, 0.3) is 0 Å². The Morgan fingerprint density at radius 1 is 0.647 bits per heavy atom. The highest BCUT2D eigenvalue weighted by atomic mass is 35.5. The first-order valence-electron chi connectivity index (χ1n) is 13.4. The van der Waals surface area contributed by atoms with Crippen molar-refractivity contribution in [2.75, 3.05) is 13.1 Å². The van der Waals surface area contributed by atoms with Crippen molar-refractivity contribution in [2.24, 2.45) is 0 Å². The molecule has 0 aromatic carbocycles. The zero-order chi connectivity index (χ0) is 23.1. The Kier molecular flexibility index (Phi) is 6.86. The molecule has 2 aromatic rings. The van der Waals surface area contributed by atoms with Crippen molar-refractivity contribution < 1.29 is 0 Å². The van der Waals surface area contributed by atoms with Gasteiger partial charge in [-0.15, -0.1) is 0 Å². The first-order valence-corrected chi connectivity index (χ1v) is 14.2. The number of hydrogen-bond donors (Lipinski definition) is 0. The molecule has 0 amide bonds. The normalized spacial score (nSPS) is 32.8. The maximum Gasteiger partial charge on any atom is 0.129 e. The lowest BCUT2D eigenvalue weighted by atomic mass is 9.85. The fourth-order valence-electron chi connectivity index (χ4n) is 7.77. The molecule has 4 bridgehead atoms. The van der Waals surface area contributed by atoms with Gasteiger partial charge in [0.25, 0.3) is 0 Å². The van der Waals surface area contributed by atoms with Crippen LogP contribution in [0.4, 0.5) is 0 Å². The number of halogens is 2. The average molecular weight is 500 g/mol. The third kappa shape index (κ3) is 4.52. The maximum absolute atomic E-state index is 6.01. The van der Waals surface area contributed by atoms with Crippen molar-refractivity contribution in [3.8, 4) is 0 Å². The highest BCUT2D eigenvalue weighted by Gasteiger charge is 2.47. The second kappa shape index (κ2) is 10.0. The van der Waals surface area contributed by atoms with Crippen molar-refractivity contribution in [3.05, 3.63) is 58.1 Å². The molecule has 4 saturated heterocycles. The first-order chi connectivity index (χ1) is 16.7. The Balaban J connectivity index is 0.934. The van der Waals surface area contributed by atoms with Crippen molar-refractivity contribution in [3.63, 3.8) is 0 Å². The highest BCUT2D eigenvalue weighted by Crippen LogP contribution is 2.48. The van der Waals surface area contributed by atoms with Crippen LogP contribution in [-0.2, 0) is 0 Å². The molecule has 4 aliphatic rings. The van der Waals surface area contributed by atoms with Crippen molar-refractivity contribution >= 4 is 23.2 Å². The minimum Gasteiger partial charge on any atom is -0.297 e. The number of rotatable bonds is 9. The molecular formula is C28H36Cl2N4. The second-order valence-electron chi connectivity index (χ2n) is 11.0. The van der Waals surface area contributed by atoms with Crippen LogP contribution < -0.4 is 0 Å². The number of pyridine rings is 2. The molecule has 0 radical (unpaired) electrons. The van der Waals surface area contributed by atoms with Crippen LogP contribution in [0.1, 0.15) is 87.2 Å². The van der Waals surface area contributed by atoms with E-state index in [-0.39, 0.29) is 0 Å². The Labute approximate surface area is 214 Å². The summed E-state index contributed by atoms with van der Waals surface area (Å²) >= 11 is 12.0. The van der Waals surface area contributed by atoms with E-state index in [4.69, 9.17) is 23.2 Å². The smallest absolute Gasteiger partial charge is 0.129 e. The summed E-state index contributed by atoms with van der Waals surface area (Å²) in [6.07, 6.45) is 17.5. The van der Waals surface area contributed by atoms with Gasteiger partial charge >= 0.3 is 0 Å². The van der Waals surface area contributed by atoms with Gasteiger partial charge in [0.05, 0.1) is 0 Å². The van der Waals surface area contributed by atoms with E-state index in [9.17, 15) is 0 Å². The molecule has 6 atom stereocenters. The van der Waals surface area contributed by atoms with Gasteiger partial charge in [-0.1, -0.05) is 48.2 Å². The van der Waals surface area contributed by atoms with E-state index in [0.717, 1.165) is 12.1 Å². The maximum atomic E-state index is 6.01. The summed E-state index contributed by atoms with van der Waals surface area (Å²) in [5, 5.41) is 1.20. The van der Waals surface area contributed by atoms with Crippen LogP contribution in [0, 0.1) is 0 Å². The third-order valence-corrected chi connectivity index (χ3v) is 9.75. The summed E-state index contributed by atoms with van der Waals surface area (Å²) in [5.41, 5.74) is 2.77. The standard InChI is InChI=1S/C28H36Cl2N4/c29-27-11-5-19(17-31-27)23-15-21-7-9-25(23)33(21)13-3-1-2-4-14-34-22-8-10-26(34)24(16-22)20-6-12-28(30)32-18-20/h5-6,11-12,17-18,21-26H,1-4,7-10,13-16H2. The molecule has 34 heavy (non-hydrogen) atoms. The molecule has 2 aromatic heterocycles. The SMILES string of the molecule is Clc1ccc(C2CC3CCC2N3CCCCCCN2C3CCC2C(c2ccc(Cl)nc2)C3)cn1. The van der Waals surface area contributed by atoms with Crippen molar-refractivity contribution in [1.82, 2.24) is 19.8 Å². The lowest BCUT2D eigenvalue weighted by Crippen LogP contribution is -2.31. The minimum absolute atomic E-state index is 0.600. The van der Waals surface area contributed by atoms with Gasteiger partial charge in [-0.05, 0) is 87.7 Å². The van der Waals surface area contributed by atoms with Crippen molar-refractivity contribution in [2.45, 2.75) is 100 Å². The van der Waals surface area contributed by atoms with Gasteiger partial charge in [0.1, 0.15) is 10.3 Å². The summed E-state index contributed by atoms with van der Waals surface area (Å²) in [5.74, 6) is 1.30. The predicted octanol–water partition coefficient (Wildman–Crippen LogP) is 6.68. The molecular weight excluding hydrogens is 463 g/mol. The zero-order valence-corrected chi connectivity index (χ0v) is 21.5. The molecule has 6 heteroatoms. The summed E-state index contributed by atoms with van der Waals surface area (Å²) in [4.78, 5) is 14.3. The molecule has 6 rings (SSSR count). The van der Waals surface area contributed by atoms with E-state index in [0.29, 0.717) is 34.2 Å². The molecule has 0 saturated carbocycles. The van der Waals surface area contributed by atoms with E-state index in [1.807, 2.05) is 24.5 Å². The van der Waals surface area contributed by atoms with Crippen LogP contribution in [0.3, 0.4) is 0 Å². The average Bonchev–Trinajstić information content (AvgIpc) is 3.61. The Morgan fingerprint density at radius 2 is 1.12 bits per heavy atom. The molecule has 0 aliphatic carbocycles. The van der Waals surface area contributed by atoms with Crippen LogP contribution >= 0.6 is 23.2 Å². The molecule has 182 valence electrons. The van der Waals surface area contributed by atoms with Crippen LogP contribution in [0.2, 0.25) is 10.3 Å². The topological polar surface area (TPSA) is 32.3 Å². The zero-order valence-electron chi connectivity index (χ0n) is 20.0. The summed E-state index contributed by atoms with van der Waals surface area (Å²) in [7, 11) is 0. The van der Waals surface area contributed by atoms with E-state index in [1.165, 1.54) is 88.4 Å². The van der Waals surface area contributed by atoms with E-state index in [1.54, 1.807) is 0 Å². The van der Waals surface area contributed by atoms with Crippen LogP contribution in [0.5, 0.6) is 0 Å². The molecule has 4 aliphatic heterocycles. The summed E-state index contributed by atoms with van der Waals surface area (Å²) < 4.78 is 0. The Morgan fingerprint density at radius 3 is 1.53 bits per heavy atom. The molecule has 6 heterocycles. The number of hydrogen-bond acceptors (Lipinski definition) is 4. The number of unbranched alkanes of at least 4 members (excludes halogenated alkanes) is 3. The van der Waals surface area contributed by atoms with Crippen LogP contribution in [-0.4, -0.2) is 57.0 Å². The quantitative estimate of drug-likeness (QED) is 0.284. The largest absolute Gasteiger partial charge is 0.297 e. The van der Waals surface area contributed by atoms with E-state index >= 15 is 0 Å². The molecule has 0 N–H and O–H groups in total. The predicted molar refractivity (Wildman–Crippen MR) is 139 cm³/mol. The van der Waals surface area contributed by atoms with Crippen LogP contribution in [0.15, 0.2) is 36.7 Å². The Bertz CT molecular complexity index is 886. The molecule has 6 unspecified atom stereocenters.